The van der Waals surface area contributed by atoms with Crippen LogP contribution >= 0.6 is 0 Å². The van der Waals surface area contributed by atoms with Crippen LogP contribution in [0.3, 0.4) is 0 Å². The van der Waals surface area contributed by atoms with E-state index in [2.05, 4.69) is 6.58 Å². The van der Waals surface area contributed by atoms with Crippen molar-refractivity contribution in [3.63, 3.8) is 0 Å². The summed E-state index contributed by atoms with van der Waals surface area (Å²) in [6, 6.07) is 0. The van der Waals surface area contributed by atoms with E-state index < -0.39 is 46.1 Å². The fraction of sp³-hybridized carbons (Fsp3) is 0.818. The molecule has 2 aliphatic heterocycles. The molecule has 29 heavy (non-hydrogen) atoms. The normalized spacial score (nSPS) is 55.4. The average molecular weight is 406 g/mol. The molecular weight excluding hydrogens is 376 g/mol. The number of ketones is 1. The standard InChI is InChI=1S/C22H30O7/c1-11-13-4-5-14-20-7-6-15(24)19(3,9-28-12(2)23)16(20)18(26)22(27,29-10-20)21(14,8-13)17(11)25/h13-16,18,24,26-27H,1,4-10H2,2-3H3. The Balaban J connectivity index is 1.67. The molecule has 9 atom stereocenters. The minimum absolute atomic E-state index is 0.0226. The molecule has 160 valence electrons. The van der Waals surface area contributed by atoms with Crippen molar-refractivity contribution in [2.24, 2.45) is 34.0 Å². The molecule has 6 fully saturated rings. The van der Waals surface area contributed by atoms with Gasteiger partial charge in [-0.3, -0.25) is 9.59 Å². The van der Waals surface area contributed by atoms with Gasteiger partial charge >= 0.3 is 5.97 Å². The summed E-state index contributed by atoms with van der Waals surface area (Å²) in [7, 11) is 0. The van der Waals surface area contributed by atoms with Gasteiger partial charge in [-0.15, -0.1) is 0 Å². The summed E-state index contributed by atoms with van der Waals surface area (Å²) in [6.45, 7) is 7.30. The smallest absolute Gasteiger partial charge is 0.302 e. The molecule has 4 saturated carbocycles. The second-order valence-electron chi connectivity index (χ2n) is 10.3. The van der Waals surface area contributed by atoms with Crippen molar-refractivity contribution in [3.8, 4) is 0 Å². The molecule has 2 saturated heterocycles. The Kier molecular flexibility index (Phi) is 3.86. The quantitative estimate of drug-likeness (QED) is 0.462. The molecule has 7 heteroatoms. The van der Waals surface area contributed by atoms with Crippen molar-refractivity contribution in [3.05, 3.63) is 12.2 Å². The summed E-state index contributed by atoms with van der Waals surface area (Å²) in [5.41, 5.74) is -2.15. The van der Waals surface area contributed by atoms with E-state index in [4.69, 9.17) is 9.47 Å². The largest absolute Gasteiger partial charge is 0.465 e. The van der Waals surface area contributed by atoms with Gasteiger partial charge in [0.25, 0.3) is 0 Å². The molecular formula is C22H30O7. The third kappa shape index (κ3) is 1.98. The second-order valence-corrected chi connectivity index (χ2v) is 10.3. The number of carbonyl (C=O) groups is 2. The molecule has 7 nitrogen and oxygen atoms in total. The number of esters is 1. The maximum atomic E-state index is 13.4. The van der Waals surface area contributed by atoms with Crippen LogP contribution in [-0.4, -0.2) is 58.3 Å². The highest BCUT2D eigenvalue weighted by molar-refractivity contribution is 6.04. The Morgan fingerprint density at radius 2 is 2.03 bits per heavy atom. The summed E-state index contributed by atoms with van der Waals surface area (Å²) in [4.78, 5) is 24.9. The van der Waals surface area contributed by atoms with E-state index >= 15 is 0 Å². The van der Waals surface area contributed by atoms with Crippen LogP contribution in [0.5, 0.6) is 0 Å². The minimum Gasteiger partial charge on any atom is -0.465 e. The molecule has 2 spiro atoms. The lowest BCUT2D eigenvalue weighted by molar-refractivity contribution is -0.444. The van der Waals surface area contributed by atoms with Gasteiger partial charge in [0.2, 0.25) is 5.79 Å². The molecule has 6 rings (SSSR count). The molecule has 0 radical (unpaired) electrons. The van der Waals surface area contributed by atoms with E-state index in [1.807, 2.05) is 6.92 Å². The van der Waals surface area contributed by atoms with Crippen molar-refractivity contribution in [2.45, 2.75) is 63.9 Å². The van der Waals surface area contributed by atoms with Gasteiger partial charge in [0.05, 0.1) is 24.7 Å². The average Bonchev–Trinajstić information content (AvgIpc) is 2.87. The Morgan fingerprint density at radius 1 is 1.31 bits per heavy atom. The number of aliphatic hydroxyl groups is 3. The van der Waals surface area contributed by atoms with Crippen LogP contribution in [0.2, 0.25) is 0 Å². The van der Waals surface area contributed by atoms with E-state index in [1.54, 1.807) is 0 Å². The fourth-order valence-corrected chi connectivity index (χ4v) is 8.08. The van der Waals surface area contributed by atoms with Gasteiger partial charge in [-0.1, -0.05) is 13.5 Å². The van der Waals surface area contributed by atoms with Gasteiger partial charge in [-0.05, 0) is 49.5 Å². The zero-order valence-electron chi connectivity index (χ0n) is 17.0. The maximum absolute atomic E-state index is 13.4. The summed E-state index contributed by atoms with van der Waals surface area (Å²) in [5, 5.41) is 34.2. The first kappa shape index (κ1) is 19.7. The second kappa shape index (κ2) is 5.69. The van der Waals surface area contributed by atoms with Crippen LogP contribution < -0.4 is 0 Å². The highest BCUT2D eigenvalue weighted by Gasteiger charge is 2.83. The number of hydrogen-bond acceptors (Lipinski definition) is 7. The Labute approximate surface area is 170 Å². The van der Waals surface area contributed by atoms with Gasteiger partial charge in [-0.2, -0.15) is 0 Å². The molecule has 6 aliphatic rings. The Hall–Kier alpha value is -1.28. The first-order valence-electron chi connectivity index (χ1n) is 10.6. The highest BCUT2D eigenvalue weighted by atomic mass is 16.6. The van der Waals surface area contributed by atoms with E-state index in [1.165, 1.54) is 6.92 Å². The van der Waals surface area contributed by atoms with Crippen LogP contribution in [0.25, 0.3) is 0 Å². The number of Topliss-reactive ketones (excluding diaryl/α,β-unsaturated/α-hetero) is 1. The van der Waals surface area contributed by atoms with Crippen molar-refractivity contribution in [2.75, 3.05) is 13.2 Å². The predicted molar refractivity (Wildman–Crippen MR) is 100 cm³/mol. The first-order chi connectivity index (χ1) is 13.5. The van der Waals surface area contributed by atoms with E-state index in [0.29, 0.717) is 24.8 Å². The number of hydrogen-bond donors (Lipinski definition) is 3. The zero-order valence-corrected chi connectivity index (χ0v) is 17.0. The van der Waals surface area contributed by atoms with Crippen LogP contribution in [-0.2, 0) is 19.1 Å². The number of rotatable bonds is 2. The summed E-state index contributed by atoms with van der Waals surface area (Å²) >= 11 is 0. The summed E-state index contributed by atoms with van der Waals surface area (Å²) in [6.07, 6.45) is 0.950. The van der Waals surface area contributed by atoms with Crippen LogP contribution in [0, 0.1) is 34.0 Å². The molecule has 0 aromatic heterocycles. The van der Waals surface area contributed by atoms with Crippen LogP contribution in [0.4, 0.5) is 0 Å². The lowest BCUT2D eigenvalue weighted by Crippen LogP contribution is -2.82. The fourth-order valence-electron chi connectivity index (χ4n) is 8.08. The molecule has 0 amide bonds. The SMILES string of the molecule is C=C1C(=O)C23CC1CCC2C12CCC(O)C(C)(COC(C)=O)C1C(O)C3(O)OC2. The monoisotopic (exact) mass is 406 g/mol. The van der Waals surface area contributed by atoms with Gasteiger partial charge < -0.3 is 24.8 Å². The predicted octanol–water partition coefficient (Wildman–Crippen LogP) is 0.948. The Morgan fingerprint density at radius 3 is 2.72 bits per heavy atom. The molecule has 4 bridgehead atoms. The molecule has 0 aromatic carbocycles. The number of ether oxygens (including phenoxy) is 2. The van der Waals surface area contributed by atoms with Gasteiger partial charge in [-0.25, -0.2) is 0 Å². The third-order valence-electron chi connectivity index (χ3n) is 9.33. The van der Waals surface area contributed by atoms with Crippen LogP contribution in [0.1, 0.15) is 46.0 Å². The van der Waals surface area contributed by atoms with Gasteiger partial charge in [0, 0.05) is 23.7 Å². The van der Waals surface area contributed by atoms with Gasteiger partial charge in [0.1, 0.15) is 6.10 Å². The molecule has 3 N–H and O–H groups in total. The molecule has 0 aromatic rings. The van der Waals surface area contributed by atoms with Crippen molar-refractivity contribution in [1.82, 2.24) is 0 Å². The Bertz CT molecular complexity index is 805. The lowest BCUT2D eigenvalue weighted by Gasteiger charge is -2.73. The van der Waals surface area contributed by atoms with E-state index in [9.17, 15) is 24.9 Å². The van der Waals surface area contributed by atoms with E-state index in [-0.39, 0.29) is 30.8 Å². The highest BCUT2D eigenvalue weighted by Crippen LogP contribution is 2.76. The summed E-state index contributed by atoms with van der Waals surface area (Å²) < 4.78 is 11.3. The van der Waals surface area contributed by atoms with Crippen LogP contribution in [0.15, 0.2) is 12.2 Å². The number of fused-ring (bicyclic) bond motifs is 2. The third-order valence-corrected chi connectivity index (χ3v) is 9.33. The van der Waals surface area contributed by atoms with Crippen molar-refractivity contribution in [1.29, 1.82) is 0 Å². The minimum atomic E-state index is -2.02. The first-order valence-corrected chi connectivity index (χ1v) is 10.6. The zero-order chi connectivity index (χ0) is 21.0. The number of carbonyl (C=O) groups excluding carboxylic acids is 2. The molecule has 2 heterocycles. The van der Waals surface area contributed by atoms with E-state index in [0.717, 1.165) is 12.8 Å². The number of allylic oxidation sites excluding steroid dienone is 1. The lowest BCUT2D eigenvalue weighted by atomic mass is 9.36. The van der Waals surface area contributed by atoms with Gasteiger partial charge in [0.15, 0.2) is 5.78 Å². The molecule has 4 aliphatic carbocycles. The number of aliphatic hydroxyl groups excluding tert-OH is 2. The maximum Gasteiger partial charge on any atom is 0.302 e. The van der Waals surface area contributed by atoms with Crippen molar-refractivity contribution < 1.29 is 34.4 Å². The summed E-state index contributed by atoms with van der Waals surface area (Å²) in [5.74, 6) is -3.33. The topological polar surface area (TPSA) is 113 Å². The molecule has 9 unspecified atom stereocenters. The van der Waals surface area contributed by atoms with Crippen molar-refractivity contribution >= 4 is 11.8 Å².